The molecule has 30 heavy (non-hydrogen) atoms. The number of carbonyl (C=O) groups is 1. The van der Waals surface area contributed by atoms with Gasteiger partial charge in [-0.1, -0.05) is 48.5 Å². The van der Waals surface area contributed by atoms with E-state index in [9.17, 15) is 4.79 Å². The molecule has 0 radical (unpaired) electrons. The Morgan fingerprint density at radius 3 is 2.67 bits per heavy atom. The summed E-state index contributed by atoms with van der Waals surface area (Å²) in [6, 6.07) is 23.9. The van der Waals surface area contributed by atoms with E-state index in [0.29, 0.717) is 5.56 Å². The number of benzene rings is 3. The molecule has 0 spiro atoms. The van der Waals surface area contributed by atoms with Crippen LogP contribution in [0.15, 0.2) is 77.9 Å². The fourth-order valence-electron chi connectivity index (χ4n) is 3.66. The molecule has 1 aliphatic rings. The summed E-state index contributed by atoms with van der Waals surface area (Å²) in [4.78, 5) is 14.8. The standard InChI is InChI=1S/C25H25N3O2/c1-30-24-8-4-5-20(15-24)16-26-27-25(29)22-11-9-19(10-12-22)17-28-14-13-21-6-2-3-7-23(21)18-28/h2-12,15-16H,13-14,17-18H2,1H3,(H,27,29)/b26-16-. The van der Waals surface area contributed by atoms with Crippen LogP contribution in [0.25, 0.3) is 0 Å². The molecule has 3 aromatic carbocycles. The maximum absolute atomic E-state index is 12.3. The highest BCUT2D eigenvalue weighted by molar-refractivity contribution is 5.94. The first kappa shape index (κ1) is 19.9. The van der Waals surface area contributed by atoms with Gasteiger partial charge in [-0.25, -0.2) is 5.43 Å². The first-order valence-electron chi connectivity index (χ1n) is 10.1. The van der Waals surface area contributed by atoms with Crippen molar-refractivity contribution < 1.29 is 9.53 Å². The summed E-state index contributed by atoms with van der Waals surface area (Å²) in [5, 5.41) is 4.04. The lowest BCUT2D eigenvalue weighted by Crippen LogP contribution is -2.30. The number of hydrazone groups is 1. The molecular weight excluding hydrogens is 374 g/mol. The number of ether oxygens (including phenoxy) is 1. The Balaban J connectivity index is 1.32. The van der Waals surface area contributed by atoms with E-state index in [2.05, 4.69) is 39.7 Å². The monoisotopic (exact) mass is 399 g/mol. The third-order valence-electron chi connectivity index (χ3n) is 5.31. The fraction of sp³-hybridized carbons (Fsp3) is 0.200. The van der Waals surface area contributed by atoms with Gasteiger partial charge in [-0.3, -0.25) is 9.69 Å². The van der Waals surface area contributed by atoms with E-state index in [0.717, 1.165) is 37.4 Å². The Morgan fingerprint density at radius 2 is 1.87 bits per heavy atom. The van der Waals surface area contributed by atoms with Crippen LogP contribution in [0.5, 0.6) is 5.75 Å². The topological polar surface area (TPSA) is 53.9 Å². The van der Waals surface area contributed by atoms with Gasteiger partial charge in [0.2, 0.25) is 0 Å². The zero-order valence-electron chi connectivity index (χ0n) is 17.0. The minimum absolute atomic E-state index is 0.229. The molecule has 1 N–H and O–H groups in total. The Hall–Kier alpha value is -3.44. The first-order chi connectivity index (χ1) is 14.7. The van der Waals surface area contributed by atoms with E-state index in [-0.39, 0.29) is 5.91 Å². The maximum atomic E-state index is 12.3. The summed E-state index contributed by atoms with van der Waals surface area (Å²) in [5.74, 6) is 0.519. The van der Waals surface area contributed by atoms with E-state index >= 15 is 0 Å². The van der Waals surface area contributed by atoms with Crippen LogP contribution in [0.1, 0.15) is 32.6 Å². The maximum Gasteiger partial charge on any atom is 0.271 e. The van der Waals surface area contributed by atoms with E-state index in [4.69, 9.17) is 4.74 Å². The van der Waals surface area contributed by atoms with Crippen LogP contribution in [0.2, 0.25) is 0 Å². The fourth-order valence-corrected chi connectivity index (χ4v) is 3.66. The van der Waals surface area contributed by atoms with Gasteiger partial charge in [-0.15, -0.1) is 0 Å². The first-order valence-corrected chi connectivity index (χ1v) is 10.1. The van der Waals surface area contributed by atoms with Gasteiger partial charge >= 0.3 is 0 Å². The summed E-state index contributed by atoms with van der Waals surface area (Å²) in [6.45, 7) is 2.90. The molecular formula is C25H25N3O2. The van der Waals surface area contributed by atoms with Crippen molar-refractivity contribution in [3.63, 3.8) is 0 Å². The van der Waals surface area contributed by atoms with Gasteiger partial charge in [-0.2, -0.15) is 5.10 Å². The van der Waals surface area contributed by atoms with Gasteiger partial charge in [-0.05, 0) is 52.9 Å². The molecule has 1 heterocycles. The van der Waals surface area contributed by atoms with Crippen molar-refractivity contribution in [1.29, 1.82) is 0 Å². The summed E-state index contributed by atoms with van der Waals surface area (Å²) < 4.78 is 5.18. The zero-order chi connectivity index (χ0) is 20.8. The van der Waals surface area contributed by atoms with E-state index < -0.39 is 0 Å². The molecule has 4 rings (SSSR count). The molecule has 0 saturated heterocycles. The van der Waals surface area contributed by atoms with Gasteiger partial charge < -0.3 is 4.74 Å². The molecule has 5 heteroatoms. The zero-order valence-corrected chi connectivity index (χ0v) is 17.0. The minimum Gasteiger partial charge on any atom is -0.497 e. The van der Waals surface area contributed by atoms with Crippen molar-refractivity contribution in [3.8, 4) is 5.75 Å². The number of carbonyl (C=O) groups excluding carboxylic acids is 1. The Morgan fingerprint density at radius 1 is 1.07 bits per heavy atom. The van der Waals surface area contributed by atoms with Gasteiger partial charge in [0.05, 0.1) is 13.3 Å². The van der Waals surface area contributed by atoms with Crippen molar-refractivity contribution >= 4 is 12.1 Å². The normalized spacial score (nSPS) is 13.8. The molecule has 0 atom stereocenters. The number of nitrogens with zero attached hydrogens (tertiary/aromatic N) is 2. The smallest absolute Gasteiger partial charge is 0.271 e. The number of hydrogen-bond acceptors (Lipinski definition) is 4. The Bertz CT molecular complexity index is 1040. The van der Waals surface area contributed by atoms with Crippen LogP contribution >= 0.6 is 0 Å². The Labute approximate surface area is 177 Å². The second-order valence-corrected chi connectivity index (χ2v) is 7.40. The average molecular weight is 399 g/mol. The van der Waals surface area contributed by atoms with Crippen molar-refractivity contribution in [3.05, 3.63) is 101 Å². The SMILES string of the molecule is COc1cccc(/C=N\NC(=O)c2ccc(CN3CCc4ccccc4C3)cc2)c1. The molecule has 0 aromatic heterocycles. The van der Waals surface area contributed by atoms with E-state index in [1.165, 1.54) is 16.7 Å². The van der Waals surface area contributed by atoms with Gasteiger partial charge in [0.15, 0.2) is 0 Å². The van der Waals surface area contributed by atoms with Gasteiger partial charge in [0.1, 0.15) is 5.75 Å². The summed E-state index contributed by atoms with van der Waals surface area (Å²) in [6.07, 6.45) is 2.69. The number of nitrogens with one attached hydrogen (secondary N) is 1. The van der Waals surface area contributed by atoms with Crippen LogP contribution in [0.4, 0.5) is 0 Å². The molecule has 0 fully saturated rings. The minimum atomic E-state index is -0.229. The third-order valence-corrected chi connectivity index (χ3v) is 5.31. The van der Waals surface area contributed by atoms with Crippen LogP contribution in [-0.2, 0) is 19.5 Å². The lowest BCUT2D eigenvalue weighted by Gasteiger charge is -2.28. The van der Waals surface area contributed by atoms with Gasteiger partial charge in [0, 0.05) is 25.2 Å². The molecule has 3 aromatic rings. The predicted molar refractivity (Wildman–Crippen MR) is 119 cm³/mol. The summed E-state index contributed by atoms with van der Waals surface area (Å²) in [7, 11) is 1.62. The number of rotatable bonds is 6. The number of hydrogen-bond donors (Lipinski definition) is 1. The third kappa shape index (κ3) is 4.93. The number of fused-ring (bicyclic) bond motifs is 1. The van der Waals surface area contributed by atoms with Crippen molar-refractivity contribution in [2.45, 2.75) is 19.5 Å². The molecule has 0 aliphatic carbocycles. The lowest BCUT2D eigenvalue weighted by molar-refractivity contribution is 0.0955. The number of methoxy groups -OCH3 is 1. The van der Waals surface area contributed by atoms with E-state index in [1.54, 1.807) is 13.3 Å². The molecule has 1 aliphatic heterocycles. The molecule has 0 unspecified atom stereocenters. The highest BCUT2D eigenvalue weighted by atomic mass is 16.5. The largest absolute Gasteiger partial charge is 0.497 e. The molecule has 152 valence electrons. The highest BCUT2D eigenvalue weighted by Gasteiger charge is 2.15. The van der Waals surface area contributed by atoms with Crippen LogP contribution < -0.4 is 10.2 Å². The highest BCUT2D eigenvalue weighted by Crippen LogP contribution is 2.20. The quantitative estimate of drug-likeness (QED) is 0.503. The molecule has 5 nitrogen and oxygen atoms in total. The predicted octanol–water partition coefficient (Wildman–Crippen LogP) is 4.02. The van der Waals surface area contributed by atoms with Crippen molar-refractivity contribution in [1.82, 2.24) is 10.3 Å². The second-order valence-electron chi connectivity index (χ2n) is 7.40. The van der Waals surface area contributed by atoms with Crippen LogP contribution in [0, 0.1) is 0 Å². The molecule has 0 bridgehead atoms. The van der Waals surface area contributed by atoms with Crippen molar-refractivity contribution in [2.75, 3.05) is 13.7 Å². The Kier molecular flexibility index (Phi) is 6.20. The molecule has 1 amide bonds. The van der Waals surface area contributed by atoms with Gasteiger partial charge in [0.25, 0.3) is 5.91 Å². The van der Waals surface area contributed by atoms with Crippen molar-refractivity contribution in [2.24, 2.45) is 5.10 Å². The lowest BCUT2D eigenvalue weighted by atomic mass is 9.99. The van der Waals surface area contributed by atoms with E-state index in [1.807, 2.05) is 48.5 Å². The summed E-state index contributed by atoms with van der Waals surface area (Å²) in [5.41, 5.74) is 8.08. The average Bonchev–Trinajstić information content (AvgIpc) is 2.79. The molecule has 0 saturated carbocycles. The van der Waals surface area contributed by atoms with Crippen LogP contribution in [0.3, 0.4) is 0 Å². The van der Waals surface area contributed by atoms with Crippen LogP contribution in [-0.4, -0.2) is 30.7 Å². The number of amides is 1. The summed E-state index contributed by atoms with van der Waals surface area (Å²) >= 11 is 0. The second kappa shape index (κ2) is 9.37.